The van der Waals surface area contributed by atoms with Crippen LogP contribution in [0.4, 0.5) is 13.2 Å². The summed E-state index contributed by atoms with van der Waals surface area (Å²) in [7, 11) is 0. The molecule has 0 bridgehead atoms. The molecule has 0 saturated carbocycles. The third-order valence-corrected chi connectivity index (χ3v) is 3.57. The first-order chi connectivity index (χ1) is 8.86. The maximum absolute atomic E-state index is 12.3. The van der Waals surface area contributed by atoms with Crippen LogP contribution in [0.25, 0.3) is 0 Å². The van der Waals surface area contributed by atoms with Crippen LogP contribution in [0.1, 0.15) is 20.9 Å². The second-order valence-electron chi connectivity index (χ2n) is 3.74. The Morgan fingerprint density at radius 1 is 1.26 bits per heavy atom. The molecule has 19 heavy (non-hydrogen) atoms. The summed E-state index contributed by atoms with van der Waals surface area (Å²) in [6, 6.07) is 5.30. The Labute approximate surface area is 115 Å². The topological polar surface area (TPSA) is 30.0 Å². The van der Waals surface area contributed by atoms with Crippen molar-refractivity contribution in [2.24, 2.45) is 0 Å². The van der Waals surface area contributed by atoms with Crippen molar-refractivity contribution in [3.63, 3.8) is 0 Å². The number of rotatable bonds is 3. The van der Waals surface area contributed by atoms with E-state index in [1.807, 2.05) is 0 Å². The van der Waals surface area contributed by atoms with E-state index >= 15 is 0 Å². The van der Waals surface area contributed by atoms with Crippen LogP contribution in [0.15, 0.2) is 30.5 Å². The van der Waals surface area contributed by atoms with Gasteiger partial charge in [-0.2, -0.15) is 13.2 Å². The number of halogens is 4. The molecule has 0 aliphatic heterocycles. The molecule has 2 heterocycles. The molecule has 0 aliphatic carbocycles. The molecule has 0 radical (unpaired) electrons. The highest BCUT2D eigenvalue weighted by molar-refractivity contribution is 7.16. The largest absolute Gasteiger partial charge is 0.417 e. The van der Waals surface area contributed by atoms with Gasteiger partial charge in [-0.15, -0.1) is 11.3 Å². The minimum atomic E-state index is -4.45. The summed E-state index contributed by atoms with van der Waals surface area (Å²) in [6.45, 7) is 0. The van der Waals surface area contributed by atoms with Crippen LogP contribution in [0.3, 0.4) is 0 Å². The Hall–Kier alpha value is -1.40. The smallest absolute Gasteiger partial charge is 0.292 e. The van der Waals surface area contributed by atoms with Crippen LogP contribution in [-0.2, 0) is 12.6 Å². The maximum Gasteiger partial charge on any atom is 0.417 e. The van der Waals surface area contributed by atoms with Crippen LogP contribution in [0, 0.1) is 0 Å². The molecule has 100 valence electrons. The number of thiophene rings is 1. The zero-order valence-electron chi connectivity index (χ0n) is 9.37. The fourth-order valence-corrected chi connectivity index (χ4v) is 2.51. The van der Waals surface area contributed by atoms with Crippen molar-refractivity contribution in [2.75, 3.05) is 0 Å². The first kappa shape index (κ1) is 14.0. The molecule has 0 unspecified atom stereocenters. The Morgan fingerprint density at radius 3 is 2.47 bits per heavy atom. The van der Waals surface area contributed by atoms with Crippen LogP contribution in [0.2, 0.25) is 4.34 Å². The molecule has 2 aromatic heterocycles. The zero-order chi connectivity index (χ0) is 14.0. The highest BCUT2D eigenvalue weighted by atomic mass is 35.5. The molecule has 0 atom stereocenters. The number of carbonyl (C=O) groups excluding carboxylic acids is 1. The van der Waals surface area contributed by atoms with E-state index < -0.39 is 11.7 Å². The lowest BCUT2D eigenvalue weighted by Gasteiger charge is -2.06. The van der Waals surface area contributed by atoms with Crippen molar-refractivity contribution in [3.05, 3.63) is 50.9 Å². The van der Waals surface area contributed by atoms with Gasteiger partial charge in [-0.05, 0) is 24.3 Å². The first-order valence-corrected chi connectivity index (χ1v) is 6.36. The number of alkyl halides is 3. The minimum absolute atomic E-state index is 0.0116. The number of ketones is 1. The second-order valence-corrected chi connectivity index (χ2v) is 5.54. The molecular formula is C12H7ClF3NOS. The number of carbonyl (C=O) groups is 1. The van der Waals surface area contributed by atoms with E-state index in [1.165, 1.54) is 11.3 Å². The van der Waals surface area contributed by atoms with E-state index in [0.717, 1.165) is 17.0 Å². The lowest BCUT2D eigenvalue weighted by atomic mass is 10.1. The van der Waals surface area contributed by atoms with Gasteiger partial charge in [-0.1, -0.05) is 11.6 Å². The SMILES string of the molecule is O=C(Cc1ccc(Cl)s1)c1ccc(C(F)(F)F)cn1. The van der Waals surface area contributed by atoms with E-state index in [4.69, 9.17) is 11.6 Å². The molecule has 0 saturated heterocycles. The standard InChI is InChI=1S/C12H7ClF3NOS/c13-11-4-2-8(19-11)5-10(18)9-3-1-7(6-17-9)12(14,15)16/h1-4,6H,5H2. The van der Waals surface area contributed by atoms with Gasteiger partial charge in [0.2, 0.25) is 0 Å². The second kappa shape index (κ2) is 5.30. The van der Waals surface area contributed by atoms with Crippen molar-refractivity contribution in [2.45, 2.75) is 12.6 Å². The molecule has 2 rings (SSSR count). The van der Waals surface area contributed by atoms with Crippen LogP contribution < -0.4 is 0 Å². The number of nitrogens with zero attached hydrogens (tertiary/aromatic N) is 1. The van der Waals surface area contributed by atoms with Crippen LogP contribution >= 0.6 is 22.9 Å². The number of Topliss-reactive ketones (excluding diaryl/α,β-unsaturated/α-hetero) is 1. The van der Waals surface area contributed by atoms with Gasteiger partial charge in [-0.25, -0.2) is 0 Å². The van der Waals surface area contributed by atoms with E-state index in [-0.39, 0.29) is 17.9 Å². The van der Waals surface area contributed by atoms with Gasteiger partial charge in [-0.3, -0.25) is 9.78 Å². The highest BCUT2D eigenvalue weighted by Crippen LogP contribution is 2.28. The van der Waals surface area contributed by atoms with Gasteiger partial charge >= 0.3 is 6.18 Å². The molecular weight excluding hydrogens is 299 g/mol. The van der Waals surface area contributed by atoms with E-state index in [9.17, 15) is 18.0 Å². The fraction of sp³-hybridized carbons (Fsp3) is 0.167. The number of pyridine rings is 1. The van der Waals surface area contributed by atoms with Gasteiger partial charge in [0, 0.05) is 17.5 Å². The van der Waals surface area contributed by atoms with Crippen molar-refractivity contribution in [1.29, 1.82) is 0 Å². The third-order valence-electron chi connectivity index (χ3n) is 2.34. The quantitative estimate of drug-likeness (QED) is 0.794. The van der Waals surface area contributed by atoms with Crippen molar-refractivity contribution in [3.8, 4) is 0 Å². The monoisotopic (exact) mass is 305 g/mol. The van der Waals surface area contributed by atoms with Gasteiger partial charge < -0.3 is 0 Å². The predicted molar refractivity (Wildman–Crippen MR) is 66.6 cm³/mol. The lowest BCUT2D eigenvalue weighted by Crippen LogP contribution is -2.09. The van der Waals surface area contributed by atoms with Crippen LogP contribution in [-0.4, -0.2) is 10.8 Å². The molecule has 0 amide bonds. The summed E-state index contributed by atoms with van der Waals surface area (Å²) in [5.74, 6) is -0.341. The summed E-state index contributed by atoms with van der Waals surface area (Å²) < 4.78 is 37.6. The van der Waals surface area contributed by atoms with Crippen molar-refractivity contribution in [1.82, 2.24) is 4.98 Å². The van der Waals surface area contributed by atoms with Gasteiger partial charge in [0.25, 0.3) is 0 Å². The fourth-order valence-electron chi connectivity index (χ4n) is 1.42. The predicted octanol–water partition coefficient (Wildman–Crippen LogP) is 4.24. The van der Waals surface area contributed by atoms with Gasteiger partial charge in [0.05, 0.1) is 9.90 Å². The maximum atomic E-state index is 12.3. The molecule has 0 fully saturated rings. The Bertz CT molecular complexity index is 592. The number of aromatic nitrogens is 1. The normalized spacial score (nSPS) is 11.6. The molecule has 0 N–H and O–H groups in total. The Balaban J connectivity index is 2.12. The number of hydrogen-bond acceptors (Lipinski definition) is 3. The number of hydrogen-bond donors (Lipinski definition) is 0. The summed E-state index contributed by atoms with van der Waals surface area (Å²) in [5.41, 5.74) is -0.860. The third kappa shape index (κ3) is 3.54. The Kier molecular flexibility index (Phi) is 3.91. The summed E-state index contributed by atoms with van der Waals surface area (Å²) in [6.07, 6.45) is -3.71. The van der Waals surface area contributed by atoms with E-state index in [1.54, 1.807) is 12.1 Å². The first-order valence-electron chi connectivity index (χ1n) is 5.17. The molecule has 2 nitrogen and oxygen atoms in total. The van der Waals surface area contributed by atoms with E-state index in [2.05, 4.69) is 4.98 Å². The van der Waals surface area contributed by atoms with Crippen molar-refractivity contribution >= 4 is 28.7 Å². The molecule has 7 heteroatoms. The summed E-state index contributed by atoms with van der Waals surface area (Å²) in [5, 5.41) is 0. The van der Waals surface area contributed by atoms with E-state index in [0.29, 0.717) is 10.5 Å². The molecule has 0 spiro atoms. The zero-order valence-corrected chi connectivity index (χ0v) is 10.9. The summed E-state index contributed by atoms with van der Waals surface area (Å²) in [4.78, 5) is 16.1. The molecule has 2 aromatic rings. The van der Waals surface area contributed by atoms with Gasteiger partial charge in [0.1, 0.15) is 5.69 Å². The van der Waals surface area contributed by atoms with Crippen molar-refractivity contribution < 1.29 is 18.0 Å². The van der Waals surface area contributed by atoms with Crippen LogP contribution in [0.5, 0.6) is 0 Å². The van der Waals surface area contributed by atoms with Gasteiger partial charge in [0.15, 0.2) is 5.78 Å². The average molecular weight is 306 g/mol. The Morgan fingerprint density at radius 2 is 2.00 bits per heavy atom. The summed E-state index contributed by atoms with van der Waals surface area (Å²) >= 11 is 6.98. The minimum Gasteiger partial charge on any atom is -0.292 e. The molecule has 0 aliphatic rings. The average Bonchev–Trinajstić information content (AvgIpc) is 2.74. The lowest BCUT2D eigenvalue weighted by molar-refractivity contribution is -0.137. The highest BCUT2D eigenvalue weighted by Gasteiger charge is 2.30. The molecule has 0 aromatic carbocycles.